The van der Waals surface area contributed by atoms with Crippen LogP contribution in [0.25, 0.3) is 0 Å². The Morgan fingerprint density at radius 2 is 2.30 bits per heavy atom. The van der Waals surface area contributed by atoms with Gasteiger partial charge < -0.3 is 0 Å². The second kappa shape index (κ2) is 3.99. The number of rotatable bonds is 5. The molecule has 58 valence electrons. The SMILES string of the molecule is C=CCN(CCCl)C1CC1. The Kier molecular flexibility index (Phi) is 3.23. The van der Waals surface area contributed by atoms with E-state index < -0.39 is 0 Å². The molecule has 1 fully saturated rings. The van der Waals surface area contributed by atoms with Crippen LogP contribution in [0.5, 0.6) is 0 Å². The van der Waals surface area contributed by atoms with Gasteiger partial charge in [0.15, 0.2) is 0 Å². The predicted octanol–water partition coefficient (Wildman–Crippen LogP) is 1.88. The molecule has 1 saturated carbocycles. The monoisotopic (exact) mass is 159 g/mol. The van der Waals surface area contributed by atoms with Gasteiger partial charge in [0.05, 0.1) is 0 Å². The molecule has 0 amide bonds. The quantitative estimate of drug-likeness (QED) is 0.438. The van der Waals surface area contributed by atoms with Crippen LogP contribution < -0.4 is 0 Å². The Morgan fingerprint density at radius 1 is 1.60 bits per heavy atom. The molecule has 0 spiro atoms. The number of alkyl halides is 1. The third-order valence-electron chi connectivity index (χ3n) is 1.80. The Labute approximate surface area is 67.7 Å². The lowest BCUT2D eigenvalue weighted by Gasteiger charge is -2.17. The first kappa shape index (κ1) is 8.09. The van der Waals surface area contributed by atoms with E-state index in [-0.39, 0.29) is 0 Å². The fourth-order valence-corrected chi connectivity index (χ4v) is 1.35. The Balaban J connectivity index is 2.19. The first-order valence-corrected chi connectivity index (χ1v) is 4.33. The minimum Gasteiger partial charge on any atom is -0.296 e. The van der Waals surface area contributed by atoms with Crippen molar-refractivity contribution in [2.45, 2.75) is 18.9 Å². The van der Waals surface area contributed by atoms with Crippen LogP contribution in [0.15, 0.2) is 12.7 Å². The van der Waals surface area contributed by atoms with Gasteiger partial charge in [-0.3, -0.25) is 4.90 Å². The molecule has 0 aromatic heterocycles. The first-order valence-electron chi connectivity index (χ1n) is 3.79. The van der Waals surface area contributed by atoms with Gasteiger partial charge in [-0.15, -0.1) is 18.2 Å². The van der Waals surface area contributed by atoms with Gasteiger partial charge in [-0.2, -0.15) is 0 Å². The molecule has 0 aliphatic heterocycles. The summed E-state index contributed by atoms with van der Waals surface area (Å²) in [6.45, 7) is 5.72. The third-order valence-corrected chi connectivity index (χ3v) is 1.97. The van der Waals surface area contributed by atoms with E-state index in [1.54, 1.807) is 0 Å². The summed E-state index contributed by atoms with van der Waals surface area (Å²) in [5.41, 5.74) is 0. The van der Waals surface area contributed by atoms with Crippen LogP contribution in [0.4, 0.5) is 0 Å². The largest absolute Gasteiger partial charge is 0.296 e. The number of nitrogens with zero attached hydrogens (tertiary/aromatic N) is 1. The van der Waals surface area contributed by atoms with Crippen molar-refractivity contribution in [3.8, 4) is 0 Å². The van der Waals surface area contributed by atoms with Gasteiger partial charge >= 0.3 is 0 Å². The van der Waals surface area contributed by atoms with E-state index in [0.29, 0.717) is 0 Å². The molecule has 0 saturated heterocycles. The second-order valence-corrected chi connectivity index (χ2v) is 3.08. The van der Waals surface area contributed by atoms with Crippen molar-refractivity contribution < 1.29 is 0 Å². The van der Waals surface area contributed by atoms with Crippen molar-refractivity contribution in [3.63, 3.8) is 0 Å². The maximum atomic E-state index is 5.63. The van der Waals surface area contributed by atoms with E-state index in [9.17, 15) is 0 Å². The highest BCUT2D eigenvalue weighted by Crippen LogP contribution is 2.26. The maximum absolute atomic E-state index is 5.63. The highest BCUT2D eigenvalue weighted by Gasteiger charge is 2.27. The zero-order valence-corrected chi connectivity index (χ0v) is 6.98. The predicted molar refractivity (Wildman–Crippen MR) is 45.5 cm³/mol. The Hall–Kier alpha value is -0.0100. The molecule has 0 N–H and O–H groups in total. The standard InChI is InChI=1S/C8H14ClN/c1-2-6-10(7-5-9)8-3-4-8/h2,8H,1,3-7H2. The van der Waals surface area contributed by atoms with Crippen molar-refractivity contribution in [2.24, 2.45) is 0 Å². The summed E-state index contributed by atoms with van der Waals surface area (Å²) in [5, 5.41) is 0. The summed E-state index contributed by atoms with van der Waals surface area (Å²) in [7, 11) is 0. The van der Waals surface area contributed by atoms with E-state index in [2.05, 4.69) is 11.5 Å². The minimum atomic E-state index is 0.740. The van der Waals surface area contributed by atoms with E-state index in [4.69, 9.17) is 11.6 Å². The molecule has 0 heterocycles. The Morgan fingerprint density at radius 3 is 2.70 bits per heavy atom. The summed E-state index contributed by atoms with van der Waals surface area (Å²) >= 11 is 5.63. The molecule has 1 aliphatic rings. The smallest absolute Gasteiger partial charge is 0.0351 e. The van der Waals surface area contributed by atoms with Gasteiger partial charge in [0.25, 0.3) is 0 Å². The molecule has 2 heteroatoms. The number of hydrogen-bond donors (Lipinski definition) is 0. The fraction of sp³-hybridized carbons (Fsp3) is 0.750. The molecular weight excluding hydrogens is 146 g/mol. The van der Waals surface area contributed by atoms with Crippen molar-refractivity contribution >= 4 is 11.6 Å². The van der Waals surface area contributed by atoms with E-state index in [1.165, 1.54) is 12.8 Å². The molecule has 10 heavy (non-hydrogen) atoms. The molecule has 0 bridgehead atoms. The van der Waals surface area contributed by atoms with Gasteiger partial charge in [0.1, 0.15) is 0 Å². The molecule has 0 aromatic carbocycles. The van der Waals surface area contributed by atoms with Crippen LogP contribution in [-0.2, 0) is 0 Å². The molecule has 0 radical (unpaired) electrons. The molecule has 0 aromatic rings. The van der Waals surface area contributed by atoms with Gasteiger partial charge in [-0.1, -0.05) is 6.08 Å². The lowest BCUT2D eigenvalue weighted by atomic mass is 10.4. The van der Waals surface area contributed by atoms with Crippen LogP contribution in [0.2, 0.25) is 0 Å². The third kappa shape index (κ3) is 2.31. The fourth-order valence-electron chi connectivity index (χ4n) is 1.14. The van der Waals surface area contributed by atoms with Crippen LogP contribution in [-0.4, -0.2) is 29.9 Å². The van der Waals surface area contributed by atoms with Crippen molar-refractivity contribution in [1.29, 1.82) is 0 Å². The van der Waals surface area contributed by atoms with Gasteiger partial charge in [0.2, 0.25) is 0 Å². The van der Waals surface area contributed by atoms with Crippen LogP contribution in [0.1, 0.15) is 12.8 Å². The second-order valence-electron chi connectivity index (χ2n) is 2.70. The lowest BCUT2D eigenvalue weighted by Crippen LogP contribution is -2.27. The summed E-state index contributed by atoms with van der Waals surface area (Å²) in [4.78, 5) is 2.39. The van der Waals surface area contributed by atoms with Crippen LogP contribution in [0, 0.1) is 0 Å². The maximum Gasteiger partial charge on any atom is 0.0351 e. The van der Waals surface area contributed by atoms with Crippen molar-refractivity contribution in [1.82, 2.24) is 4.90 Å². The van der Waals surface area contributed by atoms with E-state index in [1.807, 2.05) is 6.08 Å². The Bertz CT molecular complexity index is 110. The average molecular weight is 160 g/mol. The number of halogens is 1. The molecule has 1 aliphatic carbocycles. The first-order chi connectivity index (χ1) is 4.88. The summed E-state index contributed by atoms with van der Waals surface area (Å²) < 4.78 is 0. The van der Waals surface area contributed by atoms with Crippen molar-refractivity contribution in [3.05, 3.63) is 12.7 Å². The van der Waals surface area contributed by atoms with Crippen LogP contribution in [0.3, 0.4) is 0 Å². The van der Waals surface area contributed by atoms with E-state index in [0.717, 1.165) is 25.0 Å². The molecule has 1 nitrogen and oxygen atoms in total. The van der Waals surface area contributed by atoms with Crippen molar-refractivity contribution in [2.75, 3.05) is 19.0 Å². The van der Waals surface area contributed by atoms with Gasteiger partial charge in [-0.25, -0.2) is 0 Å². The highest BCUT2D eigenvalue weighted by molar-refractivity contribution is 6.18. The normalized spacial score (nSPS) is 17.8. The molecule has 0 unspecified atom stereocenters. The van der Waals surface area contributed by atoms with Gasteiger partial charge in [0, 0.05) is 25.0 Å². The summed E-state index contributed by atoms with van der Waals surface area (Å²) in [5.74, 6) is 0.740. The van der Waals surface area contributed by atoms with Gasteiger partial charge in [-0.05, 0) is 12.8 Å². The van der Waals surface area contributed by atoms with Crippen LogP contribution >= 0.6 is 11.6 Å². The zero-order valence-electron chi connectivity index (χ0n) is 6.22. The molecule has 0 atom stereocenters. The molecular formula is C8H14ClN. The summed E-state index contributed by atoms with van der Waals surface area (Å²) in [6.07, 6.45) is 4.65. The summed E-state index contributed by atoms with van der Waals surface area (Å²) in [6, 6.07) is 0.816. The topological polar surface area (TPSA) is 3.24 Å². The highest BCUT2D eigenvalue weighted by atomic mass is 35.5. The average Bonchev–Trinajstić information content (AvgIpc) is 2.69. The minimum absolute atomic E-state index is 0.740. The lowest BCUT2D eigenvalue weighted by molar-refractivity contribution is 0.311. The zero-order chi connectivity index (χ0) is 7.40. The van der Waals surface area contributed by atoms with E-state index >= 15 is 0 Å². The molecule has 1 rings (SSSR count). The number of hydrogen-bond acceptors (Lipinski definition) is 1.